The second-order valence-corrected chi connectivity index (χ2v) is 8.56. The van der Waals surface area contributed by atoms with Crippen molar-refractivity contribution in [3.05, 3.63) is 23.3 Å². The summed E-state index contributed by atoms with van der Waals surface area (Å²) in [4.78, 5) is 21.6. The van der Waals surface area contributed by atoms with E-state index < -0.39 is 17.4 Å². The monoisotopic (exact) mass is 394 g/mol. The third kappa shape index (κ3) is 6.73. The number of aliphatic carboxylic acids is 2. The number of carboxylic acid groups (broad SMARTS) is 2. The number of carboxylic acids is 2. The molecule has 0 aliphatic rings. The van der Waals surface area contributed by atoms with E-state index in [9.17, 15) is 14.7 Å². The SMILES string of the molecule is CCOc1cc(C(C)(C)CCCC(=O)O)c(O)cc1C(C)(C)CCCC(=O)O. The van der Waals surface area contributed by atoms with E-state index in [-0.39, 0.29) is 24.0 Å². The number of carbonyl (C=O) groups is 2. The second kappa shape index (κ2) is 9.80. The van der Waals surface area contributed by atoms with E-state index >= 15 is 0 Å². The summed E-state index contributed by atoms with van der Waals surface area (Å²) in [6.07, 6.45) is 2.54. The number of ether oxygens (including phenoxy) is 1. The second-order valence-electron chi connectivity index (χ2n) is 8.56. The Bertz CT molecular complexity index is 691. The van der Waals surface area contributed by atoms with E-state index in [1.165, 1.54) is 0 Å². The number of rotatable bonds is 12. The third-order valence-corrected chi connectivity index (χ3v) is 5.24. The molecule has 0 aliphatic carbocycles. The van der Waals surface area contributed by atoms with Gasteiger partial charge in [0.2, 0.25) is 0 Å². The van der Waals surface area contributed by atoms with Crippen molar-refractivity contribution in [3.63, 3.8) is 0 Å². The first-order valence-corrected chi connectivity index (χ1v) is 9.85. The lowest BCUT2D eigenvalue weighted by atomic mass is 9.75. The van der Waals surface area contributed by atoms with Crippen molar-refractivity contribution in [1.82, 2.24) is 0 Å². The average Bonchev–Trinajstić information content (AvgIpc) is 2.55. The van der Waals surface area contributed by atoms with Crippen LogP contribution in [0.5, 0.6) is 11.5 Å². The molecule has 0 fully saturated rings. The molecular weight excluding hydrogens is 360 g/mol. The van der Waals surface area contributed by atoms with Gasteiger partial charge in [-0.25, -0.2) is 0 Å². The lowest BCUT2D eigenvalue weighted by Gasteiger charge is -2.31. The molecule has 1 aromatic carbocycles. The van der Waals surface area contributed by atoms with Gasteiger partial charge in [-0.2, -0.15) is 0 Å². The van der Waals surface area contributed by atoms with Crippen LogP contribution < -0.4 is 4.74 Å². The zero-order valence-corrected chi connectivity index (χ0v) is 17.7. The van der Waals surface area contributed by atoms with Crippen molar-refractivity contribution in [3.8, 4) is 11.5 Å². The van der Waals surface area contributed by atoms with Crippen LogP contribution in [0.1, 0.15) is 84.3 Å². The van der Waals surface area contributed by atoms with E-state index in [1.54, 1.807) is 6.07 Å². The fourth-order valence-corrected chi connectivity index (χ4v) is 3.55. The van der Waals surface area contributed by atoms with Gasteiger partial charge in [-0.05, 0) is 55.6 Å². The Morgan fingerprint density at radius 3 is 1.79 bits per heavy atom. The summed E-state index contributed by atoms with van der Waals surface area (Å²) in [5.74, 6) is -0.803. The molecule has 3 N–H and O–H groups in total. The lowest BCUT2D eigenvalue weighted by molar-refractivity contribution is -0.138. The van der Waals surface area contributed by atoms with Crippen LogP contribution in [0.2, 0.25) is 0 Å². The number of hydrogen-bond acceptors (Lipinski definition) is 4. The molecule has 0 bridgehead atoms. The minimum absolute atomic E-state index is 0.0944. The number of hydrogen-bond donors (Lipinski definition) is 3. The van der Waals surface area contributed by atoms with Crippen LogP contribution in [-0.2, 0) is 20.4 Å². The Morgan fingerprint density at radius 2 is 1.36 bits per heavy atom. The van der Waals surface area contributed by atoms with Crippen molar-refractivity contribution < 1.29 is 29.6 Å². The Hall–Kier alpha value is -2.24. The summed E-state index contributed by atoms with van der Waals surface area (Å²) in [5, 5.41) is 28.5. The van der Waals surface area contributed by atoms with Crippen LogP contribution in [0.4, 0.5) is 0 Å². The molecule has 6 nitrogen and oxygen atoms in total. The molecule has 0 saturated carbocycles. The molecule has 1 rings (SSSR count). The quantitative estimate of drug-likeness (QED) is 0.468. The summed E-state index contributed by atoms with van der Waals surface area (Å²) < 4.78 is 5.86. The highest BCUT2D eigenvalue weighted by Gasteiger charge is 2.30. The van der Waals surface area contributed by atoms with Gasteiger partial charge < -0.3 is 20.1 Å². The van der Waals surface area contributed by atoms with Gasteiger partial charge in [0, 0.05) is 24.0 Å². The normalized spacial score (nSPS) is 12.0. The van der Waals surface area contributed by atoms with Crippen LogP contribution in [0.15, 0.2) is 12.1 Å². The van der Waals surface area contributed by atoms with Gasteiger partial charge in [0.15, 0.2) is 0 Å². The van der Waals surface area contributed by atoms with Gasteiger partial charge in [-0.3, -0.25) is 9.59 Å². The van der Waals surface area contributed by atoms with Crippen LogP contribution in [0.25, 0.3) is 0 Å². The van der Waals surface area contributed by atoms with Gasteiger partial charge in [0.05, 0.1) is 6.61 Å². The molecule has 0 amide bonds. The Kier molecular flexibility index (Phi) is 8.33. The molecular formula is C22H34O6. The van der Waals surface area contributed by atoms with Gasteiger partial charge in [0.25, 0.3) is 0 Å². The highest BCUT2D eigenvalue weighted by molar-refractivity contribution is 5.67. The first-order valence-electron chi connectivity index (χ1n) is 9.85. The topological polar surface area (TPSA) is 104 Å². The molecule has 158 valence electrons. The summed E-state index contributed by atoms with van der Waals surface area (Å²) in [6.45, 7) is 10.4. The zero-order valence-electron chi connectivity index (χ0n) is 17.7. The van der Waals surface area contributed by atoms with Crippen LogP contribution >= 0.6 is 0 Å². The molecule has 1 aromatic rings. The van der Waals surface area contributed by atoms with Crippen molar-refractivity contribution in [2.45, 2.75) is 84.0 Å². The van der Waals surface area contributed by atoms with Crippen LogP contribution in [0, 0.1) is 0 Å². The molecule has 0 unspecified atom stereocenters. The predicted octanol–water partition coefficient (Wildman–Crippen LogP) is 4.86. The fourth-order valence-electron chi connectivity index (χ4n) is 3.55. The first kappa shape index (κ1) is 23.8. The summed E-state index contributed by atoms with van der Waals surface area (Å²) >= 11 is 0. The maximum absolute atomic E-state index is 10.8. The minimum atomic E-state index is -0.825. The number of phenolic OH excluding ortho intramolecular Hbond substituents is 1. The van der Waals surface area contributed by atoms with E-state index in [1.807, 2.05) is 40.7 Å². The number of phenols is 1. The van der Waals surface area contributed by atoms with Crippen molar-refractivity contribution in [2.75, 3.05) is 6.61 Å². The molecule has 0 radical (unpaired) electrons. The molecule has 6 heteroatoms. The molecule has 0 heterocycles. The highest BCUT2D eigenvalue weighted by atomic mass is 16.5. The van der Waals surface area contributed by atoms with Gasteiger partial charge >= 0.3 is 11.9 Å². The maximum Gasteiger partial charge on any atom is 0.303 e. The first-order chi connectivity index (χ1) is 12.9. The number of benzene rings is 1. The third-order valence-electron chi connectivity index (χ3n) is 5.24. The van der Waals surface area contributed by atoms with Crippen molar-refractivity contribution >= 4 is 11.9 Å². The van der Waals surface area contributed by atoms with E-state index in [4.69, 9.17) is 14.9 Å². The van der Waals surface area contributed by atoms with E-state index in [0.717, 1.165) is 11.1 Å². The van der Waals surface area contributed by atoms with Gasteiger partial charge in [0.1, 0.15) is 11.5 Å². The van der Waals surface area contributed by atoms with Crippen molar-refractivity contribution in [2.24, 2.45) is 0 Å². The summed E-state index contributed by atoms with van der Waals surface area (Å²) in [7, 11) is 0. The van der Waals surface area contributed by atoms with Gasteiger partial charge in [-0.1, -0.05) is 27.7 Å². The molecule has 0 atom stereocenters. The van der Waals surface area contributed by atoms with Crippen molar-refractivity contribution in [1.29, 1.82) is 0 Å². The summed E-state index contributed by atoms with van der Waals surface area (Å²) in [6, 6.07) is 3.58. The van der Waals surface area contributed by atoms with E-state index in [2.05, 4.69) is 0 Å². The number of aromatic hydroxyl groups is 1. The summed E-state index contributed by atoms with van der Waals surface area (Å²) in [5.41, 5.74) is 0.814. The minimum Gasteiger partial charge on any atom is -0.508 e. The largest absolute Gasteiger partial charge is 0.508 e. The maximum atomic E-state index is 10.8. The van der Waals surface area contributed by atoms with Gasteiger partial charge in [-0.15, -0.1) is 0 Å². The Labute approximate surface area is 167 Å². The standard InChI is InChI=1S/C22H34O6/c1-6-28-18-14-15(21(2,3)11-7-9-19(24)25)17(23)13-16(18)22(4,5)12-8-10-20(26)27/h13-14,23H,6-12H2,1-5H3,(H,24,25)(H,26,27). The Balaban J connectivity index is 3.19. The van der Waals surface area contributed by atoms with E-state index in [0.29, 0.717) is 38.0 Å². The molecule has 0 spiro atoms. The molecule has 0 aliphatic heterocycles. The zero-order chi connectivity index (χ0) is 21.5. The molecule has 28 heavy (non-hydrogen) atoms. The average molecular weight is 395 g/mol. The molecule has 0 saturated heterocycles. The fraction of sp³-hybridized carbons (Fsp3) is 0.636. The van der Waals surface area contributed by atoms with Crippen LogP contribution in [-0.4, -0.2) is 33.9 Å². The predicted molar refractivity (Wildman–Crippen MR) is 108 cm³/mol. The molecule has 0 aromatic heterocycles. The highest BCUT2D eigenvalue weighted by Crippen LogP contribution is 2.44. The lowest BCUT2D eigenvalue weighted by Crippen LogP contribution is -2.22. The smallest absolute Gasteiger partial charge is 0.303 e. The Morgan fingerprint density at radius 1 is 0.893 bits per heavy atom. The van der Waals surface area contributed by atoms with Crippen LogP contribution in [0.3, 0.4) is 0 Å².